The third-order valence-corrected chi connectivity index (χ3v) is 5.28. The molecule has 0 amide bonds. The minimum atomic E-state index is -0.108. The normalized spacial score (nSPS) is 11.2. The van der Waals surface area contributed by atoms with E-state index in [0.29, 0.717) is 34.3 Å². The standard InChI is InChI=1S/C23H18ClN5O2/c1-28-22(30)17-9-5-6-10-19(17)29-21(26-27-23(28)29)14-25-18-13-15(24)11-12-20(18)31-16-7-3-2-4-8-16/h2-13,25H,14H2,1H3. The van der Waals surface area contributed by atoms with Gasteiger partial charge in [-0.05, 0) is 42.5 Å². The van der Waals surface area contributed by atoms with Crippen LogP contribution in [0.5, 0.6) is 11.5 Å². The predicted molar refractivity (Wildman–Crippen MR) is 121 cm³/mol. The number of hydrogen-bond donors (Lipinski definition) is 1. The summed E-state index contributed by atoms with van der Waals surface area (Å²) in [6.07, 6.45) is 0. The SMILES string of the molecule is Cn1c(=O)c2ccccc2n2c(CNc3cc(Cl)ccc3Oc3ccccc3)nnc12. The molecule has 0 saturated carbocycles. The number of anilines is 1. The molecule has 3 aromatic carbocycles. The van der Waals surface area contributed by atoms with Crippen LogP contribution in [0.25, 0.3) is 16.7 Å². The first-order valence-corrected chi connectivity index (χ1v) is 10.1. The zero-order chi connectivity index (χ0) is 21.4. The van der Waals surface area contributed by atoms with Crippen molar-refractivity contribution in [1.29, 1.82) is 0 Å². The number of aryl methyl sites for hydroxylation is 1. The molecule has 1 N–H and O–H groups in total. The van der Waals surface area contributed by atoms with E-state index in [1.807, 2.05) is 59.0 Å². The molecule has 154 valence electrons. The Labute approximate surface area is 182 Å². The number of nitrogens with zero attached hydrogens (tertiary/aromatic N) is 4. The summed E-state index contributed by atoms with van der Waals surface area (Å²) in [5.41, 5.74) is 1.37. The van der Waals surface area contributed by atoms with Crippen molar-refractivity contribution in [2.75, 3.05) is 5.32 Å². The van der Waals surface area contributed by atoms with Crippen LogP contribution in [0.4, 0.5) is 5.69 Å². The molecule has 31 heavy (non-hydrogen) atoms. The first-order chi connectivity index (χ1) is 15.1. The summed E-state index contributed by atoms with van der Waals surface area (Å²) in [5.74, 6) is 2.50. The second-order valence-corrected chi connectivity index (χ2v) is 7.48. The summed E-state index contributed by atoms with van der Waals surface area (Å²) < 4.78 is 9.40. The molecule has 2 heterocycles. The second kappa shape index (κ2) is 7.77. The molecule has 0 saturated heterocycles. The van der Waals surface area contributed by atoms with Gasteiger partial charge in [0.2, 0.25) is 5.78 Å². The van der Waals surface area contributed by atoms with E-state index in [0.717, 1.165) is 17.0 Å². The van der Waals surface area contributed by atoms with Gasteiger partial charge in [-0.2, -0.15) is 0 Å². The monoisotopic (exact) mass is 431 g/mol. The molecule has 0 aliphatic rings. The van der Waals surface area contributed by atoms with Gasteiger partial charge in [0, 0.05) is 12.1 Å². The van der Waals surface area contributed by atoms with Crippen LogP contribution in [0, 0.1) is 0 Å². The fourth-order valence-corrected chi connectivity index (χ4v) is 3.70. The van der Waals surface area contributed by atoms with E-state index >= 15 is 0 Å². The van der Waals surface area contributed by atoms with Crippen LogP contribution in [-0.4, -0.2) is 19.2 Å². The van der Waals surface area contributed by atoms with Gasteiger partial charge in [0.05, 0.1) is 23.1 Å². The molecular formula is C23H18ClN5O2. The summed E-state index contributed by atoms with van der Waals surface area (Å²) in [6, 6.07) is 22.4. The van der Waals surface area contributed by atoms with Gasteiger partial charge < -0.3 is 10.1 Å². The highest BCUT2D eigenvalue weighted by molar-refractivity contribution is 6.30. The van der Waals surface area contributed by atoms with E-state index in [-0.39, 0.29) is 5.56 Å². The van der Waals surface area contributed by atoms with Crippen LogP contribution in [0.1, 0.15) is 5.82 Å². The number of nitrogens with one attached hydrogen (secondary N) is 1. The molecule has 0 aliphatic carbocycles. The molecule has 2 aromatic heterocycles. The van der Waals surface area contributed by atoms with Crippen molar-refractivity contribution in [3.8, 4) is 11.5 Å². The van der Waals surface area contributed by atoms with Crippen LogP contribution in [0.3, 0.4) is 0 Å². The van der Waals surface area contributed by atoms with Crippen LogP contribution < -0.4 is 15.6 Å². The maximum absolute atomic E-state index is 12.6. The summed E-state index contributed by atoms with van der Waals surface area (Å²) >= 11 is 6.23. The number of fused-ring (bicyclic) bond motifs is 3. The highest BCUT2D eigenvalue weighted by atomic mass is 35.5. The van der Waals surface area contributed by atoms with Crippen molar-refractivity contribution < 1.29 is 4.74 Å². The smallest absolute Gasteiger partial charge is 0.262 e. The highest BCUT2D eigenvalue weighted by Crippen LogP contribution is 2.32. The fourth-order valence-electron chi connectivity index (χ4n) is 3.53. The summed E-state index contributed by atoms with van der Waals surface area (Å²) in [6.45, 7) is 0.356. The maximum atomic E-state index is 12.6. The lowest BCUT2D eigenvalue weighted by molar-refractivity contribution is 0.484. The van der Waals surface area contributed by atoms with E-state index in [4.69, 9.17) is 16.3 Å². The molecule has 5 rings (SSSR count). The van der Waals surface area contributed by atoms with Gasteiger partial charge in [-0.3, -0.25) is 13.8 Å². The van der Waals surface area contributed by atoms with E-state index in [1.165, 1.54) is 4.57 Å². The van der Waals surface area contributed by atoms with Gasteiger partial charge >= 0.3 is 0 Å². The number of para-hydroxylation sites is 2. The first kappa shape index (κ1) is 19.1. The summed E-state index contributed by atoms with van der Waals surface area (Å²) in [5, 5.41) is 13.1. The molecule has 0 bridgehead atoms. The number of ether oxygens (including phenoxy) is 1. The van der Waals surface area contributed by atoms with E-state index < -0.39 is 0 Å². The van der Waals surface area contributed by atoms with Crippen molar-refractivity contribution >= 4 is 34.0 Å². The van der Waals surface area contributed by atoms with Crippen LogP contribution >= 0.6 is 11.6 Å². The lowest BCUT2D eigenvalue weighted by Crippen LogP contribution is -2.20. The number of halogens is 1. The van der Waals surface area contributed by atoms with Crippen molar-refractivity contribution in [3.05, 3.63) is 94.0 Å². The zero-order valence-corrected chi connectivity index (χ0v) is 17.4. The number of benzene rings is 3. The van der Waals surface area contributed by atoms with Crippen LogP contribution in [0.2, 0.25) is 5.02 Å². The van der Waals surface area contributed by atoms with Crippen molar-refractivity contribution in [2.45, 2.75) is 6.54 Å². The van der Waals surface area contributed by atoms with Gasteiger partial charge in [-0.25, -0.2) is 0 Å². The molecule has 0 spiro atoms. The number of rotatable bonds is 5. The molecule has 0 fully saturated rings. The zero-order valence-electron chi connectivity index (χ0n) is 16.6. The van der Waals surface area contributed by atoms with Gasteiger partial charge in [-0.15, -0.1) is 10.2 Å². The molecule has 5 aromatic rings. The molecular weight excluding hydrogens is 414 g/mol. The number of hydrogen-bond acceptors (Lipinski definition) is 5. The van der Waals surface area contributed by atoms with E-state index in [1.54, 1.807) is 25.2 Å². The second-order valence-electron chi connectivity index (χ2n) is 7.04. The average Bonchev–Trinajstić information content (AvgIpc) is 3.22. The minimum Gasteiger partial charge on any atom is -0.455 e. The van der Waals surface area contributed by atoms with Crippen LogP contribution in [-0.2, 0) is 13.6 Å². The summed E-state index contributed by atoms with van der Waals surface area (Å²) in [4.78, 5) is 12.6. The largest absolute Gasteiger partial charge is 0.455 e. The Hall–Kier alpha value is -3.84. The van der Waals surface area contributed by atoms with Crippen molar-refractivity contribution in [3.63, 3.8) is 0 Å². The fraction of sp³-hybridized carbons (Fsp3) is 0.0870. The lowest BCUT2D eigenvalue weighted by atomic mass is 10.2. The maximum Gasteiger partial charge on any atom is 0.262 e. The van der Waals surface area contributed by atoms with Crippen LogP contribution in [0.15, 0.2) is 77.6 Å². The molecule has 7 nitrogen and oxygen atoms in total. The Morgan fingerprint density at radius 2 is 1.77 bits per heavy atom. The molecule has 8 heteroatoms. The van der Waals surface area contributed by atoms with Gasteiger partial charge in [0.1, 0.15) is 5.75 Å². The Bertz CT molecular complexity index is 1460. The molecule has 0 radical (unpaired) electrons. The third-order valence-electron chi connectivity index (χ3n) is 5.04. The Kier molecular flexibility index (Phi) is 4.80. The lowest BCUT2D eigenvalue weighted by Gasteiger charge is -2.13. The van der Waals surface area contributed by atoms with Crippen molar-refractivity contribution in [2.24, 2.45) is 7.05 Å². The van der Waals surface area contributed by atoms with Gasteiger partial charge in [0.15, 0.2) is 11.6 Å². The average molecular weight is 432 g/mol. The Morgan fingerprint density at radius 1 is 1.00 bits per heavy atom. The highest BCUT2D eigenvalue weighted by Gasteiger charge is 2.15. The molecule has 0 aliphatic heterocycles. The number of aromatic nitrogens is 4. The van der Waals surface area contributed by atoms with E-state index in [9.17, 15) is 4.79 Å². The Morgan fingerprint density at radius 3 is 2.61 bits per heavy atom. The van der Waals surface area contributed by atoms with Crippen molar-refractivity contribution in [1.82, 2.24) is 19.2 Å². The molecule has 0 atom stereocenters. The quantitative estimate of drug-likeness (QED) is 0.439. The minimum absolute atomic E-state index is 0.108. The topological polar surface area (TPSA) is 73.5 Å². The van der Waals surface area contributed by atoms with Gasteiger partial charge in [-0.1, -0.05) is 41.9 Å². The predicted octanol–water partition coefficient (Wildman–Crippen LogP) is 4.64. The third kappa shape index (κ3) is 3.49. The Balaban J connectivity index is 1.52. The first-order valence-electron chi connectivity index (χ1n) is 9.70. The summed E-state index contributed by atoms with van der Waals surface area (Å²) in [7, 11) is 1.69. The van der Waals surface area contributed by atoms with E-state index in [2.05, 4.69) is 15.5 Å². The molecule has 0 unspecified atom stereocenters. The van der Waals surface area contributed by atoms with Gasteiger partial charge in [0.25, 0.3) is 5.56 Å².